The zero-order chi connectivity index (χ0) is 10.7. The summed E-state index contributed by atoms with van der Waals surface area (Å²) in [7, 11) is 0. The number of benzene rings is 1. The molecule has 1 aromatic rings. The van der Waals surface area contributed by atoms with Gasteiger partial charge in [0, 0.05) is 0 Å². The van der Waals surface area contributed by atoms with Crippen LogP contribution in [0.2, 0.25) is 0 Å². The molecule has 0 aliphatic carbocycles. The van der Waals surface area contributed by atoms with Crippen LogP contribution in [-0.4, -0.2) is 17.8 Å². The fraction of sp³-hybridized carbons (Fsp3) is 0.538. The Morgan fingerprint density at radius 2 is 1.67 bits per heavy atom. The number of rotatable bonds is 1. The van der Waals surface area contributed by atoms with E-state index < -0.39 is 0 Å². The summed E-state index contributed by atoms with van der Waals surface area (Å²) in [5.74, 6) is 0. The van der Waals surface area contributed by atoms with Gasteiger partial charge in [0.1, 0.15) is 17.8 Å². The van der Waals surface area contributed by atoms with Crippen LogP contribution < -0.4 is 0 Å². The first-order chi connectivity index (χ1) is 7.04. The Morgan fingerprint density at radius 1 is 1.00 bits per heavy atom. The van der Waals surface area contributed by atoms with Crippen LogP contribution in [-0.2, 0) is 15.1 Å². The highest BCUT2D eigenvalue weighted by Gasteiger charge is 2.68. The summed E-state index contributed by atoms with van der Waals surface area (Å²) in [5, 5.41) is 0. The highest BCUT2D eigenvalue weighted by atomic mass is 16.7. The predicted octanol–water partition coefficient (Wildman–Crippen LogP) is 2.48. The molecule has 1 aromatic carbocycles. The second-order valence-electron chi connectivity index (χ2n) is 5.16. The van der Waals surface area contributed by atoms with E-state index in [9.17, 15) is 0 Å². The van der Waals surface area contributed by atoms with E-state index in [4.69, 9.17) is 9.47 Å². The molecule has 0 aromatic heterocycles. The molecule has 0 N–H and O–H groups in total. The Bertz CT molecular complexity index is 385. The van der Waals surface area contributed by atoms with E-state index in [1.165, 1.54) is 5.56 Å². The minimum Gasteiger partial charge on any atom is -0.363 e. The van der Waals surface area contributed by atoms with Crippen molar-refractivity contribution >= 4 is 0 Å². The van der Waals surface area contributed by atoms with Crippen molar-refractivity contribution in [1.29, 1.82) is 0 Å². The summed E-state index contributed by atoms with van der Waals surface area (Å²) in [6.07, 6.45) is 0.498. The fourth-order valence-corrected chi connectivity index (χ4v) is 2.71. The van der Waals surface area contributed by atoms with Gasteiger partial charge in [-0.3, -0.25) is 0 Å². The largest absolute Gasteiger partial charge is 0.363 e. The molecule has 2 fully saturated rings. The van der Waals surface area contributed by atoms with Crippen LogP contribution in [0.3, 0.4) is 0 Å². The standard InChI is InChI=1S/C13H16O2/c1-12(2)10-11(14-10)13(3,15-12)9-7-5-4-6-8-9/h4-8,10-11H,1-3H3/t10-,11+,13-/m1/s1. The Hall–Kier alpha value is -0.860. The Balaban J connectivity index is 2.00. The number of fused-ring (bicyclic) bond motifs is 1. The third kappa shape index (κ3) is 1.18. The molecule has 3 atom stereocenters. The molecule has 2 heteroatoms. The number of hydrogen-bond donors (Lipinski definition) is 0. The van der Waals surface area contributed by atoms with Gasteiger partial charge in [-0.2, -0.15) is 0 Å². The van der Waals surface area contributed by atoms with Gasteiger partial charge in [0.2, 0.25) is 0 Å². The third-order valence-corrected chi connectivity index (χ3v) is 3.54. The molecule has 2 aliphatic rings. The smallest absolute Gasteiger partial charge is 0.120 e. The molecule has 0 amide bonds. The molecule has 2 nitrogen and oxygen atoms in total. The van der Waals surface area contributed by atoms with Gasteiger partial charge >= 0.3 is 0 Å². The van der Waals surface area contributed by atoms with Gasteiger partial charge in [-0.15, -0.1) is 0 Å². The zero-order valence-corrected chi connectivity index (χ0v) is 9.36. The molecule has 0 unspecified atom stereocenters. The summed E-state index contributed by atoms with van der Waals surface area (Å²) in [5.41, 5.74) is 0.785. The molecular weight excluding hydrogens is 188 g/mol. The van der Waals surface area contributed by atoms with E-state index in [2.05, 4.69) is 32.9 Å². The molecular formula is C13H16O2. The van der Waals surface area contributed by atoms with Gasteiger partial charge in [-0.1, -0.05) is 30.3 Å². The second-order valence-corrected chi connectivity index (χ2v) is 5.16. The number of ether oxygens (including phenoxy) is 2. The van der Waals surface area contributed by atoms with Crippen molar-refractivity contribution < 1.29 is 9.47 Å². The highest BCUT2D eigenvalue weighted by molar-refractivity contribution is 5.30. The maximum atomic E-state index is 6.16. The van der Waals surface area contributed by atoms with Crippen LogP contribution in [0.15, 0.2) is 30.3 Å². The molecule has 2 heterocycles. The van der Waals surface area contributed by atoms with E-state index in [1.807, 2.05) is 18.2 Å². The summed E-state index contributed by atoms with van der Waals surface area (Å²) < 4.78 is 11.9. The van der Waals surface area contributed by atoms with E-state index in [-0.39, 0.29) is 23.4 Å². The Morgan fingerprint density at radius 3 is 2.13 bits per heavy atom. The van der Waals surface area contributed by atoms with Crippen LogP contribution in [0.1, 0.15) is 26.3 Å². The monoisotopic (exact) mass is 204 g/mol. The van der Waals surface area contributed by atoms with Crippen LogP contribution in [0.5, 0.6) is 0 Å². The van der Waals surface area contributed by atoms with Crippen molar-refractivity contribution in [2.45, 2.75) is 44.2 Å². The van der Waals surface area contributed by atoms with Crippen LogP contribution in [0, 0.1) is 0 Å². The molecule has 0 spiro atoms. The van der Waals surface area contributed by atoms with Crippen molar-refractivity contribution in [3.8, 4) is 0 Å². The number of epoxide rings is 1. The van der Waals surface area contributed by atoms with Crippen molar-refractivity contribution in [3.05, 3.63) is 35.9 Å². The second kappa shape index (κ2) is 2.63. The summed E-state index contributed by atoms with van der Waals surface area (Å²) in [6, 6.07) is 10.3. The normalized spacial score (nSPS) is 41.3. The number of hydrogen-bond acceptors (Lipinski definition) is 2. The molecule has 15 heavy (non-hydrogen) atoms. The van der Waals surface area contributed by atoms with Crippen molar-refractivity contribution in [2.75, 3.05) is 0 Å². The van der Waals surface area contributed by atoms with Gasteiger partial charge in [0.05, 0.1) is 5.60 Å². The molecule has 0 saturated carbocycles. The molecule has 3 rings (SSSR count). The first kappa shape index (κ1) is 9.37. The Kier molecular flexibility index (Phi) is 1.64. The van der Waals surface area contributed by atoms with Gasteiger partial charge < -0.3 is 9.47 Å². The van der Waals surface area contributed by atoms with Crippen LogP contribution >= 0.6 is 0 Å². The van der Waals surface area contributed by atoms with Gasteiger partial charge in [-0.05, 0) is 26.3 Å². The maximum Gasteiger partial charge on any atom is 0.120 e. The molecule has 0 bridgehead atoms. The average Bonchev–Trinajstić information content (AvgIpc) is 2.95. The van der Waals surface area contributed by atoms with Crippen LogP contribution in [0.4, 0.5) is 0 Å². The first-order valence-electron chi connectivity index (χ1n) is 5.45. The lowest BCUT2D eigenvalue weighted by atomic mass is 9.92. The predicted molar refractivity (Wildman–Crippen MR) is 57.6 cm³/mol. The molecule has 2 aliphatic heterocycles. The van der Waals surface area contributed by atoms with Gasteiger partial charge in [0.25, 0.3) is 0 Å². The minimum atomic E-state index is -0.268. The summed E-state index contributed by atoms with van der Waals surface area (Å²) >= 11 is 0. The third-order valence-electron chi connectivity index (χ3n) is 3.54. The lowest BCUT2D eigenvalue weighted by molar-refractivity contribution is -0.142. The molecule has 2 saturated heterocycles. The minimum absolute atomic E-state index is 0.157. The maximum absolute atomic E-state index is 6.16. The van der Waals surface area contributed by atoms with Crippen molar-refractivity contribution in [2.24, 2.45) is 0 Å². The van der Waals surface area contributed by atoms with E-state index >= 15 is 0 Å². The lowest BCUT2D eigenvalue weighted by Crippen LogP contribution is -2.34. The van der Waals surface area contributed by atoms with Crippen LogP contribution in [0.25, 0.3) is 0 Å². The quantitative estimate of drug-likeness (QED) is 0.655. The van der Waals surface area contributed by atoms with Gasteiger partial charge in [0.15, 0.2) is 0 Å². The molecule has 0 radical (unpaired) electrons. The van der Waals surface area contributed by atoms with E-state index in [1.54, 1.807) is 0 Å². The van der Waals surface area contributed by atoms with E-state index in [0.29, 0.717) is 0 Å². The Labute approximate surface area is 90.2 Å². The SMILES string of the molecule is CC1(C)O[C@](C)(c2ccccc2)[C@H]2O[C@H]21. The fourth-order valence-electron chi connectivity index (χ4n) is 2.71. The summed E-state index contributed by atoms with van der Waals surface area (Å²) in [4.78, 5) is 0. The van der Waals surface area contributed by atoms with E-state index in [0.717, 1.165) is 0 Å². The lowest BCUT2D eigenvalue weighted by Gasteiger charge is -2.31. The van der Waals surface area contributed by atoms with Crippen molar-refractivity contribution in [3.63, 3.8) is 0 Å². The zero-order valence-electron chi connectivity index (χ0n) is 9.36. The highest BCUT2D eigenvalue weighted by Crippen LogP contribution is 2.55. The summed E-state index contributed by atoms with van der Waals surface area (Å²) in [6.45, 7) is 6.33. The molecule has 80 valence electrons. The topological polar surface area (TPSA) is 21.8 Å². The average molecular weight is 204 g/mol. The van der Waals surface area contributed by atoms with Crippen molar-refractivity contribution in [1.82, 2.24) is 0 Å². The van der Waals surface area contributed by atoms with Gasteiger partial charge in [-0.25, -0.2) is 0 Å². The first-order valence-corrected chi connectivity index (χ1v) is 5.45.